The predicted octanol–water partition coefficient (Wildman–Crippen LogP) is 1.20. The fourth-order valence-electron chi connectivity index (χ4n) is 1.75. The van der Waals surface area contributed by atoms with Gasteiger partial charge in [0.2, 0.25) is 0 Å². The van der Waals surface area contributed by atoms with Gasteiger partial charge in [-0.2, -0.15) is 0 Å². The number of nitrogens with two attached hydrogens (primary N) is 1. The van der Waals surface area contributed by atoms with E-state index in [9.17, 15) is 0 Å². The highest BCUT2D eigenvalue weighted by Crippen LogP contribution is 2.17. The van der Waals surface area contributed by atoms with Gasteiger partial charge < -0.3 is 33.5 Å². The Morgan fingerprint density at radius 3 is 2.14 bits per heavy atom. The zero-order valence-electron chi connectivity index (χ0n) is 14.0. The fraction of sp³-hybridized carbons (Fsp3) is 1.00. The van der Waals surface area contributed by atoms with Crippen molar-refractivity contribution in [2.75, 3.05) is 33.5 Å². The van der Waals surface area contributed by atoms with Crippen LogP contribution in [0.25, 0.3) is 0 Å². The molecular weight excluding hydrogens is 292 g/mol. The van der Waals surface area contributed by atoms with Crippen molar-refractivity contribution in [2.45, 2.75) is 53.0 Å². The molecule has 0 aliphatic rings. The van der Waals surface area contributed by atoms with Gasteiger partial charge in [-0.1, -0.05) is 0 Å². The van der Waals surface area contributed by atoms with Gasteiger partial charge in [-0.15, -0.1) is 0 Å². The summed E-state index contributed by atoms with van der Waals surface area (Å²) in [4.78, 5) is 0. The quantitative estimate of drug-likeness (QED) is 0.282. The van der Waals surface area contributed by atoms with Crippen molar-refractivity contribution in [3.05, 3.63) is 0 Å². The SMILES string of the molecule is CCOC(CCCNC(C)N)O[Si](OC)(OCC)OCC. The second-order valence-corrected chi connectivity index (χ2v) is 6.68. The van der Waals surface area contributed by atoms with Gasteiger partial charge in [0.1, 0.15) is 0 Å². The Kier molecular flexibility index (Phi) is 12.4. The van der Waals surface area contributed by atoms with E-state index in [1.165, 1.54) is 7.11 Å². The predicted molar refractivity (Wildman–Crippen MR) is 83.4 cm³/mol. The van der Waals surface area contributed by atoms with E-state index in [0.29, 0.717) is 26.2 Å². The van der Waals surface area contributed by atoms with E-state index in [-0.39, 0.29) is 6.17 Å². The molecule has 0 bridgehead atoms. The Bertz CT molecular complexity index is 241. The molecule has 0 rings (SSSR count). The molecule has 0 saturated heterocycles. The highest BCUT2D eigenvalue weighted by atomic mass is 28.4. The lowest BCUT2D eigenvalue weighted by molar-refractivity contribution is -0.146. The Labute approximate surface area is 129 Å². The Hall–Kier alpha value is -0.0631. The summed E-state index contributed by atoms with van der Waals surface area (Å²) < 4.78 is 28.1. The van der Waals surface area contributed by atoms with E-state index in [2.05, 4.69) is 5.32 Å². The number of hydrogen-bond donors (Lipinski definition) is 2. The molecule has 0 aromatic rings. The fourth-order valence-corrected chi connectivity index (χ4v) is 3.52. The maximum Gasteiger partial charge on any atom is 0.681 e. The molecule has 2 unspecified atom stereocenters. The number of ether oxygens (including phenoxy) is 1. The zero-order valence-corrected chi connectivity index (χ0v) is 15.0. The first kappa shape index (κ1) is 20.9. The normalized spacial score (nSPS) is 15.1. The lowest BCUT2D eigenvalue weighted by atomic mass is 10.3. The van der Waals surface area contributed by atoms with Crippen LogP contribution in [0.5, 0.6) is 0 Å². The molecule has 128 valence electrons. The molecule has 0 saturated carbocycles. The monoisotopic (exact) mass is 324 g/mol. The van der Waals surface area contributed by atoms with Gasteiger partial charge in [0.15, 0.2) is 6.29 Å². The van der Waals surface area contributed by atoms with E-state index in [4.69, 9.17) is 28.2 Å². The minimum absolute atomic E-state index is 0.0178. The highest BCUT2D eigenvalue weighted by Gasteiger charge is 2.46. The van der Waals surface area contributed by atoms with Gasteiger partial charge in [0.25, 0.3) is 0 Å². The molecule has 0 spiro atoms. The van der Waals surface area contributed by atoms with Crippen molar-refractivity contribution in [1.29, 1.82) is 0 Å². The smallest absolute Gasteiger partial charge is 0.355 e. The molecule has 0 radical (unpaired) electrons. The maximum atomic E-state index is 5.91. The maximum absolute atomic E-state index is 5.91. The standard InChI is InChI=1S/C13H32N2O5Si/c1-6-17-13(10-9-11-15-12(4)14)20-21(16-5,18-7-2)19-8-3/h12-13,15H,6-11,14H2,1-5H3. The third kappa shape index (κ3) is 9.53. The number of hydrogen-bond acceptors (Lipinski definition) is 7. The van der Waals surface area contributed by atoms with Crippen LogP contribution in [0.1, 0.15) is 40.5 Å². The first-order chi connectivity index (χ1) is 10.0. The van der Waals surface area contributed by atoms with Crippen molar-refractivity contribution in [3.63, 3.8) is 0 Å². The average Bonchev–Trinajstić information content (AvgIpc) is 2.44. The van der Waals surface area contributed by atoms with Crippen LogP contribution in [0.3, 0.4) is 0 Å². The molecule has 0 aliphatic carbocycles. The van der Waals surface area contributed by atoms with Crippen molar-refractivity contribution < 1.29 is 22.4 Å². The molecule has 0 aromatic heterocycles. The van der Waals surface area contributed by atoms with Crippen molar-refractivity contribution in [3.8, 4) is 0 Å². The van der Waals surface area contributed by atoms with Crippen LogP contribution < -0.4 is 11.1 Å². The summed E-state index contributed by atoms with van der Waals surface area (Å²) in [6.45, 7) is 9.87. The van der Waals surface area contributed by atoms with Gasteiger partial charge in [0.05, 0.1) is 6.17 Å². The van der Waals surface area contributed by atoms with Crippen LogP contribution in [0.4, 0.5) is 0 Å². The van der Waals surface area contributed by atoms with Gasteiger partial charge in [-0.3, -0.25) is 0 Å². The third-order valence-corrected chi connectivity index (χ3v) is 4.94. The van der Waals surface area contributed by atoms with Crippen LogP contribution in [-0.2, 0) is 22.4 Å². The molecule has 0 fully saturated rings. The second-order valence-electron chi connectivity index (χ2n) is 4.46. The van der Waals surface area contributed by atoms with Crippen molar-refractivity contribution >= 4 is 9.05 Å². The number of rotatable bonds is 14. The third-order valence-electron chi connectivity index (χ3n) is 2.60. The molecule has 0 aromatic carbocycles. The average molecular weight is 324 g/mol. The largest absolute Gasteiger partial charge is 0.681 e. The molecule has 7 nitrogen and oxygen atoms in total. The topological polar surface area (TPSA) is 84.2 Å². The molecule has 8 heteroatoms. The minimum atomic E-state index is -3.12. The van der Waals surface area contributed by atoms with E-state index >= 15 is 0 Å². The van der Waals surface area contributed by atoms with Gasteiger partial charge in [0, 0.05) is 26.9 Å². The summed E-state index contributed by atoms with van der Waals surface area (Å²) in [5, 5.41) is 3.15. The van der Waals surface area contributed by atoms with Crippen molar-refractivity contribution in [2.24, 2.45) is 5.73 Å². The Balaban J connectivity index is 4.46. The first-order valence-corrected chi connectivity index (χ1v) is 9.28. The van der Waals surface area contributed by atoms with E-state index in [1.807, 2.05) is 27.7 Å². The molecule has 3 N–H and O–H groups in total. The van der Waals surface area contributed by atoms with Gasteiger partial charge >= 0.3 is 9.05 Å². The summed E-state index contributed by atoms with van der Waals surface area (Å²) in [5.74, 6) is 0. The van der Waals surface area contributed by atoms with Gasteiger partial charge in [-0.25, -0.2) is 0 Å². The summed E-state index contributed by atoms with van der Waals surface area (Å²) in [7, 11) is -1.58. The molecule has 21 heavy (non-hydrogen) atoms. The lowest BCUT2D eigenvalue weighted by Crippen LogP contribution is -2.51. The highest BCUT2D eigenvalue weighted by molar-refractivity contribution is 6.53. The van der Waals surface area contributed by atoms with Crippen LogP contribution >= 0.6 is 0 Å². The minimum Gasteiger partial charge on any atom is -0.355 e. The second kappa shape index (κ2) is 12.5. The molecule has 0 heterocycles. The van der Waals surface area contributed by atoms with Gasteiger partial charge in [-0.05, 0) is 47.1 Å². The summed E-state index contributed by atoms with van der Waals surface area (Å²) in [6, 6.07) is 0. The Morgan fingerprint density at radius 2 is 1.71 bits per heavy atom. The van der Waals surface area contributed by atoms with Crippen LogP contribution in [0.15, 0.2) is 0 Å². The number of nitrogens with one attached hydrogen (secondary N) is 1. The zero-order chi connectivity index (χ0) is 16.1. The first-order valence-electron chi connectivity index (χ1n) is 7.64. The summed E-state index contributed by atoms with van der Waals surface area (Å²) >= 11 is 0. The molecule has 0 aliphatic heterocycles. The summed E-state index contributed by atoms with van der Waals surface area (Å²) in [5.41, 5.74) is 5.64. The van der Waals surface area contributed by atoms with Crippen LogP contribution in [-0.4, -0.2) is 55.0 Å². The van der Waals surface area contributed by atoms with Crippen LogP contribution in [0, 0.1) is 0 Å². The van der Waals surface area contributed by atoms with Crippen molar-refractivity contribution in [1.82, 2.24) is 5.32 Å². The Morgan fingerprint density at radius 1 is 1.10 bits per heavy atom. The van der Waals surface area contributed by atoms with E-state index in [0.717, 1.165) is 13.0 Å². The molecular formula is C13H32N2O5Si. The summed E-state index contributed by atoms with van der Waals surface area (Å²) in [6.07, 6.45) is 1.16. The van der Waals surface area contributed by atoms with E-state index < -0.39 is 15.3 Å². The molecule has 2 atom stereocenters. The molecule has 0 amide bonds. The van der Waals surface area contributed by atoms with Crippen LogP contribution in [0.2, 0.25) is 0 Å². The van der Waals surface area contributed by atoms with E-state index in [1.54, 1.807) is 0 Å². The lowest BCUT2D eigenvalue weighted by Gasteiger charge is -2.30.